The predicted octanol–water partition coefficient (Wildman–Crippen LogP) is 3.08. The molecule has 4 nitrogen and oxygen atoms in total. The van der Waals surface area contributed by atoms with E-state index in [1.165, 1.54) is 0 Å². The molecule has 0 aliphatic rings. The van der Waals surface area contributed by atoms with Crippen LogP contribution < -0.4 is 4.74 Å². The molecule has 0 saturated heterocycles. The van der Waals surface area contributed by atoms with Gasteiger partial charge in [0.25, 0.3) is 0 Å². The Balaban J connectivity index is 2.42. The Labute approximate surface area is 108 Å². The highest BCUT2D eigenvalue weighted by atomic mass is 16.5. The average molecular weight is 251 g/mol. The van der Waals surface area contributed by atoms with Crippen LogP contribution in [0.5, 0.6) is 5.75 Å². The molecule has 0 aliphatic carbocycles. The minimum atomic E-state index is 0.499. The van der Waals surface area contributed by atoms with Crippen molar-refractivity contribution in [3.8, 4) is 5.75 Å². The second-order valence-electron chi connectivity index (χ2n) is 4.00. The third-order valence-electron chi connectivity index (χ3n) is 2.55. The molecule has 1 aromatic rings. The summed E-state index contributed by atoms with van der Waals surface area (Å²) in [7, 11) is 0. The minimum absolute atomic E-state index is 0.499. The van der Waals surface area contributed by atoms with Crippen molar-refractivity contribution in [2.45, 2.75) is 26.7 Å². The van der Waals surface area contributed by atoms with Crippen molar-refractivity contribution >= 4 is 5.71 Å². The number of oxime groups is 1. The van der Waals surface area contributed by atoms with Crippen LogP contribution in [0.25, 0.3) is 0 Å². The Hall–Kier alpha value is -1.55. The smallest absolute Gasteiger partial charge is 0.128 e. The van der Waals surface area contributed by atoms with E-state index in [1.54, 1.807) is 6.92 Å². The first kappa shape index (κ1) is 14.5. The lowest BCUT2D eigenvalue weighted by atomic mass is 10.1. The summed E-state index contributed by atoms with van der Waals surface area (Å²) in [6.07, 6.45) is 2.21. The van der Waals surface area contributed by atoms with Crippen LogP contribution >= 0.6 is 0 Å². The molecule has 0 amide bonds. The lowest BCUT2D eigenvalue weighted by Crippen LogP contribution is -2.09. The quantitative estimate of drug-likeness (QED) is 0.334. The summed E-state index contributed by atoms with van der Waals surface area (Å²) in [4.78, 5) is 0. The molecule has 0 aromatic heterocycles. The van der Waals surface area contributed by atoms with Gasteiger partial charge in [-0.25, -0.2) is 0 Å². The van der Waals surface area contributed by atoms with E-state index in [0.717, 1.165) is 25.0 Å². The molecule has 1 N–H and O–H groups in total. The van der Waals surface area contributed by atoms with Crippen LogP contribution in [0, 0.1) is 0 Å². The van der Waals surface area contributed by atoms with Crippen molar-refractivity contribution < 1.29 is 14.7 Å². The third-order valence-corrected chi connectivity index (χ3v) is 2.55. The zero-order chi connectivity index (χ0) is 13.2. The Kier molecular flexibility index (Phi) is 6.87. The molecule has 0 saturated carbocycles. The van der Waals surface area contributed by atoms with Crippen molar-refractivity contribution in [2.24, 2.45) is 5.16 Å². The topological polar surface area (TPSA) is 51.0 Å². The van der Waals surface area contributed by atoms with Gasteiger partial charge in [-0.2, -0.15) is 0 Å². The molecule has 0 fully saturated rings. The molecule has 1 rings (SSSR count). The first-order valence-electron chi connectivity index (χ1n) is 6.28. The fourth-order valence-electron chi connectivity index (χ4n) is 1.50. The fourth-order valence-corrected chi connectivity index (χ4v) is 1.50. The van der Waals surface area contributed by atoms with Crippen LogP contribution in [-0.2, 0) is 4.74 Å². The second kappa shape index (κ2) is 8.53. The summed E-state index contributed by atoms with van der Waals surface area (Å²) in [5.41, 5.74) is 1.34. The molecule has 0 bridgehead atoms. The number of hydrogen-bond donors (Lipinski definition) is 1. The fraction of sp³-hybridized carbons (Fsp3) is 0.500. The van der Waals surface area contributed by atoms with Gasteiger partial charge < -0.3 is 14.7 Å². The van der Waals surface area contributed by atoms with E-state index in [-0.39, 0.29) is 0 Å². The number of para-hydroxylation sites is 1. The van der Waals surface area contributed by atoms with Crippen molar-refractivity contribution in [2.75, 3.05) is 19.8 Å². The Morgan fingerprint density at radius 2 is 2.00 bits per heavy atom. The van der Waals surface area contributed by atoms with Gasteiger partial charge in [0.2, 0.25) is 0 Å². The maximum atomic E-state index is 8.79. The molecular weight excluding hydrogens is 230 g/mol. The van der Waals surface area contributed by atoms with Gasteiger partial charge in [0.05, 0.1) is 12.3 Å². The summed E-state index contributed by atoms with van der Waals surface area (Å²) < 4.78 is 11.0. The van der Waals surface area contributed by atoms with Gasteiger partial charge in [-0.05, 0) is 25.5 Å². The van der Waals surface area contributed by atoms with Crippen molar-refractivity contribution in [1.29, 1.82) is 0 Å². The number of rotatable bonds is 8. The van der Waals surface area contributed by atoms with Gasteiger partial charge in [0.1, 0.15) is 12.4 Å². The highest BCUT2D eigenvalue weighted by Gasteiger charge is 2.06. The maximum Gasteiger partial charge on any atom is 0.128 e. The molecule has 0 aliphatic heterocycles. The minimum Gasteiger partial charge on any atom is -0.490 e. The molecule has 0 unspecified atom stereocenters. The van der Waals surface area contributed by atoms with Gasteiger partial charge >= 0.3 is 0 Å². The molecule has 0 atom stereocenters. The van der Waals surface area contributed by atoms with Crippen molar-refractivity contribution in [3.05, 3.63) is 29.8 Å². The second-order valence-corrected chi connectivity index (χ2v) is 4.00. The molecular formula is C14H21NO3. The summed E-state index contributed by atoms with van der Waals surface area (Å²) in [5.74, 6) is 0.715. The summed E-state index contributed by atoms with van der Waals surface area (Å²) in [6, 6.07) is 7.49. The van der Waals surface area contributed by atoms with E-state index >= 15 is 0 Å². The van der Waals surface area contributed by atoms with E-state index in [4.69, 9.17) is 14.7 Å². The number of ether oxygens (including phenoxy) is 2. The molecule has 0 radical (unpaired) electrons. The average Bonchev–Trinajstić information content (AvgIpc) is 2.42. The number of nitrogens with zero attached hydrogens (tertiary/aromatic N) is 1. The van der Waals surface area contributed by atoms with Gasteiger partial charge in [-0.15, -0.1) is 0 Å². The van der Waals surface area contributed by atoms with E-state index in [9.17, 15) is 0 Å². The molecule has 18 heavy (non-hydrogen) atoms. The molecule has 0 spiro atoms. The van der Waals surface area contributed by atoms with E-state index < -0.39 is 0 Å². The van der Waals surface area contributed by atoms with Crippen LogP contribution in [0.1, 0.15) is 32.3 Å². The van der Waals surface area contributed by atoms with E-state index in [1.807, 2.05) is 24.3 Å². The van der Waals surface area contributed by atoms with Crippen LogP contribution in [0.3, 0.4) is 0 Å². The summed E-state index contributed by atoms with van der Waals surface area (Å²) in [6.45, 7) is 5.72. The Bertz CT molecular complexity index is 377. The number of unbranched alkanes of at least 4 members (excludes halogenated alkanes) is 1. The first-order valence-corrected chi connectivity index (χ1v) is 6.28. The van der Waals surface area contributed by atoms with Gasteiger partial charge in [-0.3, -0.25) is 0 Å². The standard InChI is InChI=1S/C14H21NO3/c1-3-4-9-17-10-11-18-14-8-6-5-7-13(14)12(2)15-16/h5-8,16H,3-4,9-11H2,1-2H3. The predicted molar refractivity (Wildman–Crippen MR) is 71.7 cm³/mol. The zero-order valence-corrected chi connectivity index (χ0v) is 11.1. The van der Waals surface area contributed by atoms with Crippen molar-refractivity contribution in [3.63, 3.8) is 0 Å². The number of hydrogen-bond acceptors (Lipinski definition) is 4. The highest BCUT2D eigenvalue weighted by Crippen LogP contribution is 2.18. The summed E-state index contributed by atoms with van der Waals surface area (Å²) in [5, 5.41) is 12.0. The van der Waals surface area contributed by atoms with E-state index in [0.29, 0.717) is 24.7 Å². The lowest BCUT2D eigenvalue weighted by Gasteiger charge is -2.10. The highest BCUT2D eigenvalue weighted by molar-refractivity contribution is 6.00. The van der Waals surface area contributed by atoms with Crippen LogP contribution in [0.4, 0.5) is 0 Å². The largest absolute Gasteiger partial charge is 0.490 e. The molecule has 100 valence electrons. The molecule has 4 heteroatoms. The third kappa shape index (κ3) is 4.75. The number of benzene rings is 1. The summed E-state index contributed by atoms with van der Waals surface area (Å²) >= 11 is 0. The van der Waals surface area contributed by atoms with Crippen molar-refractivity contribution in [1.82, 2.24) is 0 Å². The van der Waals surface area contributed by atoms with Crippen LogP contribution in [0.2, 0.25) is 0 Å². The van der Waals surface area contributed by atoms with Crippen LogP contribution in [-0.4, -0.2) is 30.7 Å². The Morgan fingerprint density at radius 1 is 1.22 bits per heavy atom. The monoisotopic (exact) mass is 251 g/mol. The SMILES string of the molecule is CCCCOCCOc1ccccc1C(C)=NO. The molecule has 1 aromatic carbocycles. The van der Waals surface area contributed by atoms with Crippen LogP contribution in [0.15, 0.2) is 29.4 Å². The van der Waals surface area contributed by atoms with Gasteiger partial charge in [0.15, 0.2) is 0 Å². The van der Waals surface area contributed by atoms with Gasteiger partial charge in [-0.1, -0.05) is 30.6 Å². The Morgan fingerprint density at radius 3 is 2.72 bits per heavy atom. The zero-order valence-electron chi connectivity index (χ0n) is 11.1. The first-order chi connectivity index (χ1) is 8.79. The van der Waals surface area contributed by atoms with E-state index in [2.05, 4.69) is 12.1 Å². The maximum absolute atomic E-state index is 8.79. The van der Waals surface area contributed by atoms with Gasteiger partial charge in [0, 0.05) is 12.2 Å². The lowest BCUT2D eigenvalue weighted by molar-refractivity contribution is 0.0980. The molecule has 0 heterocycles. The normalized spacial score (nSPS) is 11.6.